The monoisotopic (exact) mass is 1430 g/mol. The number of aromatic nitrogens is 5. The van der Waals surface area contributed by atoms with Gasteiger partial charge in [0.25, 0.3) is 0 Å². The van der Waals surface area contributed by atoms with Crippen LogP contribution < -0.4 is 22.8 Å². The first-order valence-electron chi connectivity index (χ1n) is 39.3. The van der Waals surface area contributed by atoms with Gasteiger partial charge < -0.3 is 0 Å². The number of hydrogen-bond acceptors (Lipinski definition) is 0. The van der Waals surface area contributed by atoms with Crippen LogP contribution in [0, 0.1) is 96.9 Å². The van der Waals surface area contributed by atoms with Gasteiger partial charge in [-0.05, 0) is 257 Å². The molecule has 109 heavy (non-hydrogen) atoms. The lowest BCUT2D eigenvalue weighted by atomic mass is 9.93. The summed E-state index contributed by atoms with van der Waals surface area (Å²) >= 11 is 0. The molecule has 5 aromatic heterocycles. The zero-order valence-corrected chi connectivity index (χ0v) is 67.2. The molecule has 0 unspecified atom stereocenters. The highest BCUT2D eigenvalue weighted by atomic mass is 14.9. The quantitative estimate of drug-likeness (QED) is 0.122. The summed E-state index contributed by atoms with van der Waals surface area (Å²) in [5.74, 6) is 0. The summed E-state index contributed by atoms with van der Waals surface area (Å²) in [6.45, 7) is 26.1. The molecule has 15 aromatic rings. The second-order valence-corrected chi connectivity index (χ2v) is 29.4. The summed E-state index contributed by atoms with van der Waals surface area (Å²) in [5.41, 5.74) is 42.2. The van der Waals surface area contributed by atoms with Crippen molar-refractivity contribution in [3.05, 3.63) is 388 Å². The van der Waals surface area contributed by atoms with Crippen molar-refractivity contribution in [1.82, 2.24) is 0 Å². The van der Waals surface area contributed by atoms with E-state index >= 15 is 0 Å². The molecule has 0 N–H and O–H groups in total. The molecule has 544 valence electrons. The van der Waals surface area contributed by atoms with E-state index in [9.17, 15) is 0 Å². The summed E-state index contributed by atoms with van der Waals surface area (Å²) < 4.78 is 33.4. The van der Waals surface area contributed by atoms with Crippen molar-refractivity contribution < 1.29 is 26.9 Å². The van der Waals surface area contributed by atoms with Gasteiger partial charge in [-0.15, -0.1) is 0 Å². The molecule has 0 aliphatic heterocycles. The molecule has 0 spiro atoms. The SMILES string of the molecule is Cc1cc(-c2cc(-c3ccccc3)c(C)cc2C)[n+](C)cc1C.Cc1cc(-c2cc(-c3ccccc3)ccc2C)[n+](C)cc1C.Cc1cc(C)c(-c2cccc[n+]2C)cc1-c1ccccc1.Cc1ccc(-c2cc(-c3ccccc3)c(C)cc2C)[n+](C)c1.[2H]C([2H])([2H])c1ccc(-c2cc(-c3ccccc3)ccc2C)[n+](C)c1. The lowest BCUT2D eigenvalue weighted by molar-refractivity contribution is -0.660. The Hall–Kier alpha value is -12.1. The second-order valence-electron chi connectivity index (χ2n) is 29.4. The van der Waals surface area contributed by atoms with Gasteiger partial charge in [-0.1, -0.05) is 194 Å². The molecule has 0 aliphatic carbocycles. The molecule has 10 aromatic carbocycles. The first kappa shape index (κ1) is 73.8. The van der Waals surface area contributed by atoms with E-state index in [1.807, 2.05) is 35.9 Å². The molecule has 0 saturated carbocycles. The molecule has 0 radical (unpaired) electrons. The molecule has 0 atom stereocenters. The summed E-state index contributed by atoms with van der Waals surface area (Å²) in [4.78, 5) is 0. The molecular formula is C104H108N5+5. The minimum atomic E-state index is -2.09. The number of nitrogens with zero attached hydrogens (tertiary/aromatic N) is 5. The third-order valence-corrected chi connectivity index (χ3v) is 21.0. The number of benzene rings is 10. The van der Waals surface area contributed by atoms with Crippen LogP contribution in [0.2, 0.25) is 0 Å². The lowest BCUT2D eigenvalue weighted by Gasteiger charge is -2.12. The maximum absolute atomic E-state index is 7.55. The predicted molar refractivity (Wildman–Crippen MR) is 459 cm³/mol. The Bertz CT molecular complexity index is 5810. The fraction of sp³-hybridized carbons (Fsp3) is 0.183. The molecule has 0 bridgehead atoms. The van der Waals surface area contributed by atoms with Gasteiger partial charge in [0, 0.05) is 90.6 Å². The Morgan fingerprint density at radius 1 is 0.183 bits per heavy atom. The smallest absolute Gasteiger partial charge is 0.201 e. The molecule has 0 amide bonds. The first-order chi connectivity index (χ1) is 53.6. The van der Waals surface area contributed by atoms with Gasteiger partial charge in [-0.25, -0.2) is 22.8 Å². The predicted octanol–water partition coefficient (Wildman–Crippen LogP) is 23.5. The standard InChI is InChI=1S/C22H24N.2C21H22N.2C20H20N/c1-15-12-22(23(5)14-18(15)4)21-13-20(16(2)11-17(21)3)19-9-7-6-8-10-19;1-15-10-11-19(18-8-6-5-7-9-18)13-20(15)21-12-16(2)17(3)14-22(21)4;1-15-10-11-21(22(4)14-15)20-13-19(16(2)12-17(20)3)18-8-6-5-7-9-18;1-15-13-16(2)19(20-11-7-8-12-21(20)3)14-18(15)17-9-5-4-6-10-17;1-15-9-12-20(21(3)14-15)19-13-18(11-10-16(19)2)17-7-5-4-6-8-17/h6-14H,1-5H3;2*5-14H,1-4H3;2*4-14H,1-3H3/q5*+1/i;;;;1D3. The highest BCUT2D eigenvalue weighted by Gasteiger charge is 2.21. The Balaban J connectivity index is 0.000000139. The highest BCUT2D eigenvalue weighted by molar-refractivity contribution is 5.80. The van der Waals surface area contributed by atoms with Crippen molar-refractivity contribution in [3.8, 4) is 112 Å². The molecular weight excluding hydrogens is 1320 g/mol. The van der Waals surface area contributed by atoms with E-state index in [0.29, 0.717) is 5.56 Å². The Labute approximate surface area is 655 Å². The molecule has 5 heteroatoms. The van der Waals surface area contributed by atoms with Gasteiger partial charge in [0.15, 0.2) is 31.0 Å². The number of pyridine rings is 5. The van der Waals surface area contributed by atoms with Crippen molar-refractivity contribution in [3.63, 3.8) is 0 Å². The minimum absolute atomic E-state index is 0.352. The molecule has 0 saturated heterocycles. The van der Waals surface area contributed by atoms with E-state index in [-0.39, 0.29) is 0 Å². The van der Waals surface area contributed by atoms with E-state index in [4.69, 9.17) is 4.11 Å². The maximum atomic E-state index is 7.55. The molecule has 0 fully saturated rings. The van der Waals surface area contributed by atoms with Crippen LogP contribution in [0.5, 0.6) is 0 Å². The minimum Gasteiger partial charge on any atom is -0.201 e. The van der Waals surface area contributed by atoms with Crippen LogP contribution in [0.1, 0.15) is 82.0 Å². The van der Waals surface area contributed by atoms with Gasteiger partial charge in [0.2, 0.25) is 28.5 Å². The van der Waals surface area contributed by atoms with E-state index < -0.39 is 6.85 Å². The summed E-state index contributed by atoms with van der Waals surface area (Å²) in [6, 6.07) is 98.5. The van der Waals surface area contributed by atoms with E-state index in [1.54, 1.807) is 12.3 Å². The number of rotatable bonds is 10. The van der Waals surface area contributed by atoms with E-state index in [0.717, 1.165) is 22.4 Å². The van der Waals surface area contributed by atoms with Crippen LogP contribution in [0.4, 0.5) is 0 Å². The highest BCUT2D eigenvalue weighted by Crippen LogP contribution is 2.36. The van der Waals surface area contributed by atoms with E-state index in [1.165, 1.54) is 162 Å². The van der Waals surface area contributed by atoms with Gasteiger partial charge in [0.05, 0.1) is 0 Å². The number of aryl methyl sites for hydroxylation is 19. The van der Waals surface area contributed by atoms with Gasteiger partial charge in [-0.3, -0.25) is 0 Å². The third-order valence-electron chi connectivity index (χ3n) is 21.0. The van der Waals surface area contributed by atoms with Crippen molar-refractivity contribution in [2.45, 2.75) is 96.9 Å². The van der Waals surface area contributed by atoms with Crippen LogP contribution in [0.15, 0.2) is 310 Å². The topological polar surface area (TPSA) is 19.4 Å². The molecule has 5 nitrogen and oxygen atoms in total. The largest absolute Gasteiger partial charge is 0.212 e. The number of hydrogen-bond donors (Lipinski definition) is 0. The van der Waals surface area contributed by atoms with Gasteiger partial charge >= 0.3 is 0 Å². The zero-order valence-electron chi connectivity index (χ0n) is 70.2. The van der Waals surface area contributed by atoms with Crippen LogP contribution >= 0.6 is 0 Å². The fourth-order valence-electron chi connectivity index (χ4n) is 14.6. The molecule has 5 heterocycles. The maximum Gasteiger partial charge on any atom is 0.212 e. The lowest BCUT2D eigenvalue weighted by Crippen LogP contribution is -2.31. The van der Waals surface area contributed by atoms with Gasteiger partial charge in [-0.2, -0.15) is 0 Å². The first-order valence-corrected chi connectivity index (χ1v) is 37.8. The van der Waals surface area contributed by atoms with Gasteiger partial charge in [0.1, 0.15) is 35.2 Å². The second kappa shape index (κ2) is 35.6. The van der Waals surface area contributed by atoms with Crippen LogP contribution in [-0.4, -0.2) is 0 Å². The average molecular weight is 1430 g/mol. The van der Waals surface area contributed by atoms with Crippen molar-refractivity contribution >= 4 is 0 Å². The summed E-state index contributed by atoms with van der Waals surface area (Å²) in [6.07, 6.45) is 10.4. The van der Waals surface area contributed by atoms with Crippen LogP contribution in [-0.2, 0) is 35.2 Å². The molecule has 0 aliphatic rings. The summed E-state index contributed by atoms with van der Waals surface area (Å²) in [5, 5.41) is 0. The normalized spacial score (nSPS) is 11.2. The summed E-state index contributed by atoms with van der Waals surface area (Å²) in [7, 11) is 10.3. The Morgan fingerprint density at radius 3 is 0.835 bits per heavy atom. The third kappa shape index (κ3) is 19.0. The average Bonchev–Trinajstić information content (AvgIpc) is 1.21. The van der Waals surface area contributed by atoms with Crippen LogP contribution in [0.3, 0.4) is 0 Å². The Kier molecular flexibility index (Phi) is 24.1. The van der Waals surface area contributed by atoms with Crippen molar-refractivity contribution in [2.75, 3.05) is 0 Å². The van der Waals surface area contributed by atoms with Crippen molar-refractivity contribution in [1.29, 1.82) is 0 Å². The van der Waals surface area contributed by atoms with Crippen molar-refractivity contribution in [2.24, 2.45) is 35.2 Å². The zero-order chi connectivity index (χ0) is 80.1. The van der Waals surface area contributed by atoms with E-state index in [2.05, 4.69) is 410 Å². The van der Waals surface area contributed by atoms with Crippen LogP contribution in [0.25, 0.3) is 112 Å². The Morgan fingerprint density at radius 2 is 0.477 bits per heavy atom. The fourth-order valence-corrected chi connectivity index (χ4v) is 14.6. The molecule has 15 rings (SSSR count).